The van der Waals surface area contributed by atoms with E-state index in [1.54, 1.807) is 24.3 Å². The molecule has 2 aromatic rings. The van der Waals surface area contributed by atoms with Gasteiger partial charge in [0.25, 0.3) is 5.91 Å². The molecule has 1 aromatic carbocycles. The zero-order valence-corrected chi connectivity index (χ0v) is 17.5. The number of aliphatic imine (C=N–C) groups is 1. The molecule has 4 rings (SSSR count). The van der Waals surface area contributed by atoms with Crippen molar-refractivity contribution in [3.8, 4) is 0 Å². The van der Waals surface area contributed by atoms with Crippen molar-refractivity contribution >= 4 is 55.5 Å². The Balaban J connectivity index is 1.66. The fourth-order valence-corrected chi connectivity index (χ4v) is 8.06. The number of benzene rings is 1. The van der Waals surface area contributed by atoms with E-state index in [0.29, 0.717) is 10.7 Å². The third kappa shape index (κ3) is 3.92. The van der Waals surface area contributed by atoms with Crippen LogP contribution in [0.3, 0.4) is 0 Å². The summed E-state index contributed by atoms with van der Waals surface area (Å²) < 4.78 is 24.2. The number of carbonyl (C=O) groups excluding carboxylic acids is 2. The Morgan fingerprint density at radius 1 is 1.18 bits per heavy atom. The molecule has 146 valence electrons. The number of ketones is 1. The Hall–Kier alpha value is -1.97. The number of Topliss-reactive ketones (excluding diaryl/α,β-unsaturated/α-hetero) is 1. The minimum atomic E-state index is -3.12. The Morgan fingerprint density at radius 3 is 2.57 bits per heavy atom. The van der Waals surface area contributed by atoms with Gasteiger partial charge in [0.05, 0.1) is 24.0 Å². The highest BCUT2D eigenvalue weighted by molar-refractivity contribution is 8.16. The van der Waals surface area contributed by atoms with E-state index in [4.69, 9.17) is 0 Å². The van der Waals surface area contributed by atoms with Gasteiger partial charge in [0, 0.05) is 21.4 Å². The molecular weight excluding hydrogens is 416 g/mol. The number of carbonyl (C=O) groups is 2. The van der Waals surface area contributed by atoms with Crippen LogP contribution in [0.25, 0.3) is 0 Å². The summed E-state index contributed by atoms with van der Waals surface area (Å²) in [7, 11) is -3.12. The van der Waals surface area contributed by atoms with Crippen LogP contribution in [0.1, 0.15) is 22.2 Å². The van der Waals surface area contributed by atoms with Gasteiger partial charge in [-0.2, -0.15) is 4.99 Å². The Morgan fingerprint density at radius 2 is 1.93 bits per heavy atom. The first kappa shape index (κ1) is 19.4. The molecule has 2 aliphatic rings. The van der Waals surface area contributed by atoms with E-state index in [1.165, 1.54) is 30.0 Å². The summed E-state index contributed by atoms with van der Waals surface area (Å²) in [6, 6.07) is 10.5. The van der Waals surface area contributed by atoms with Gasteiger partial charge in [-0.05, 0) is 42.6 Å². The maximum Gasteiger partial charge on any atom is 0.253 e. The molecule has 9 heteroatoms. The van der Waals surface area contributed by atoms with E-state index in [2.05, 4.69) is 4.99 Å². The second-order valence-corrected chi connectivity index (χ2v) is 11.2. The molecule has 0 N–H and O–H groups in total. The molecule has 0 aliphatic carbocycles. The van der Waals surface area contributed by atoms with Crippen molar-refractivity contribution in [3.05, 3.63) is 52.2 Å². The zero-order valence-electron chi connectivity index (χ0n) is 15.1. The molecule has 0 bridgehead atoms. The first-order valence-corrected chi connectivity index (χ1v) is 12.3. The Bertz CT molecular complexity index is 1040. The lowest BCUT2D eigenvalue weighted by Crippen LogP contribution is -2.37. The molecule has 0 radical (unpaired) electrons. The summed E-state index contributed by atoms with van der Waals surface area (Å²) >= 11 is 2.86. The number of amides is 1. The van der Waals surface area contributed by atoms with E-state index < -0.39 is 9.84 Å². The number of thiophene rings is 1. The molecular formula is C19H18N2O4S3. The van der Waals surface area contributed by atoms with Crippen molar-refractivity contribution in [1.82, 2.24) is 0 Å². The molecule has 2 atom stereocenters. The zero-order chi connectivity index (χ0) is 19.9. The quantitative estimate of drug-likeness (QED) is 0.688. The number of thioether (sulfide) groups is 1. The molecule has 2 aliphatic heterocycles. The van der Waals surface area contributed by atoms with Crippen LogP contribution in [0.15, 0.2) is 46.8 Å². The van der Waals surface area contributed by atoms with Gasteiger partial charge in [0.15, 0.2) is 20.8 Å². The summed E-state index contributed by atoms with van der Waals surface area (Å²) in [5, 5.41) is 2.30. The average Bonchev–Trinajstić information content (AvgIpc) is 3.29. The van der Waals surface area contributed by atoms with E-state index in [0.717, 1.165) is 10.6 Å². The highest BCUT2D eigenvalue weighted by Gasteiger charge is 2.49. The third-order valence-electron chi connectivity index (χ3n) is 4.74. The van der Waals surface area contributed by atoms with Crippen LogP contribution in [-0.4, -0.2) is 48.1 Å². The van der Waals surface area contributed by atoms with E-state index in [1.807, 2.05) is 22.4 Å². The van der Waals surface area contributed by atoms with Crippen LogP contribution in [-0.2, 0) is 21.1 Å². The maximum absolute atomic E-state index is 12.5. The lowest BCUT2D eigenvalue weighted by Gasteiger charge is -2.24. The monoisotopic (exact) mass is 434 g/mol. The van der Waals surface area contributed by atoms with Crippen LogP contribution < -0.4 is 4.90 Å². The highest BCUT2D eigenvalue weighted by atomic mass is 32.2. The lowest BCUT2D eigenvalue weighted by molar-refractivity contribution is -0.117. The molecule has 0 saturated carbocycles. The average molecular weight is 435 g/mol. The first-order valence-electron chi connectivity index (χ1n) is 8.73. The molecule has 1 amide bonds. The fraction of sp³-hybridized carbons (Fsp3) is 0.316. The van der Waals surface area contributed by atoms with Crippen LogP contribution in [0, 0.1) is 0 Å². The number of hydrogen-bond donors (Lipinski definition) is 0. The Labute approximate surface area is 171 Å². The first-order chi connectivity index (χ1) is 13.3. The van der Waals surface area contributed by atoms with Gasteiger partial charge >= 0.3 is 0 Å². The molecule has 6 nitrogen and oxygen atoms in total. The number of fused-ring (bicyclic) bond motifs is 1. The van der Waals surface area contributed by atoms with Crippen LogP contribution in [0.5, 0.6) is 0 Å². The van der Waals surface area contributed by atoms with Gasteiger partial charge in [0.1, 0.15) is 0 Å². The SMILES string of the molecule is CC(=O)c1ccc(N2C(=NC(=O)Cc3cccs3)S[C@@H]3CS(=O)(=O)C[C@@H]32)cc1. The van der Waals surface area contributed by atoms with Gasteiger partial charge in [-0.15, -0.1) is 11.3 Å². The van der Waals surface area contributed by atoms with Crippen molar-refractivity contribution in [2.24, 2.45) is 4.99 Å². The van der Waals surface area contributed by atoms with Crippen LogP contribution >= 0.6 is 23.1 Å². The summed E-state index contributed by atoms with van der Waals surface area (Å²) in [6.45, 7) is 1.50. The summed E-state index contributed by atoms with van der Waals surface area (Å²) in [4.78, 5) is 31.1. The number of hydrogen-bond acceptors (Lipinski definition) is 6. The third-order valence-corrected chi connectivity index (χ3v) is 8.83. The van der Waals surface area contributed by atoms with Gasteiger partial charge in [-0.3, -0.25) is 9.59 Å². The van der Waals surface area contributed by atoms with E-state index in [9.17, 15) is 18.0 Å². The predicted molar refractivity (Wildman–Crippen MR) is 113 cm³/mol. The van der Waals surface area contributed by atoms with Gasteiger partial charge in [-0.1, -0.05) is 17.8 Å². The van der Waals surface area contributed by atoms with Crippen molar-refractivity contribution in [2.75, 3.05) is 16.4 Å². The smallest absolute Gasteiger partial charge is 0.253 e. The predicted octanol–water partition coefficient (Wildman–Crippen LogP) is 2.79. The molecule has 1 aromatic heterocycles. The van der Waals surface area contributed by atoms with Crippen molar-refractivity contribution in [1.29, 1.82) is 0 Å². The summed E-state index contributed by atoms with van der Waals surface area (Å²) in [5.41, 5.74) is 1.32. The molecule has 0 unspecified atom stereocenters. The minimum absolute atomic E-state index is 0.0383. The maximum atomic E-state index is 12.5. The number of rotatable bonds is 4. The largest absolute Gasteiger partial charge is 0.316 e. The number of anilines is 1. The van der Waals surface area contributed by atoms with E-state index in [-0.39, 0.29) is 40.9 Å². The second kappa shape index (κ2) is 7.46. The topological polar surface area (TPSA) is 83.9 Å². The van der Waals surface area contributed by atoms with Crippen molar-refractivity contribution in [3.63, 3.8) is 0 Å². The lowest BCUT2D eigenvalue weighted by atomic mass is 10.1. The highest BCUT2D eigenvalue weighted by Crippen LogP contribution is 2.41. The summed E-state index contributed by atoms with van der Waals surface area (Å²) in [6.07, 6.45) is 0.229. The number of nitrogens with zero attached hydrogens (tertiary/aromatic N) is 2. The fourth-order valence-electron chi connectivity index (χ4n) is 3.43. The van der Waals surface area contributed by atoms with Crippen LogP contribution in [0.2, 0.25) is 0 Å². The van der Waals surface area contributed by atoms with Gasteiger partial charge < -0.3 is 4.90 Å². The molecule has 2 fully saturated rings. The van der Waals surface area contributed by atoms with Gasteiger partial charge in [0.2, 0.25) is 0 Å². The molecule has 3 heterocycles. The normalized spacial score (nSPS) is 24.5. The van der Waals surface area contributed by atoms with Crippen molar-refractivity contribution in [2.45, 2.75) is 24.6 Å². The van der Waals surface area contributed by atoms with Crippen LogP contribution in [0.4, 0.5) is 5.69 Å². The standard InChI is InChI=1S/C19H18N2O4S3/c1-12(22)13-4-6-14(7-5-13)21-16-10-28(24,25)11-17(16)27-19(21)20-18(23)9-15-3-2-8-26-15/h2-8,16-17H,9-11H2,1H3/t16-,17+/m0/s1. The Kier molecular flexibility index (Phi) is 5.15. The molecule has 28 heavy (non-hydrogen) atoms. The summed E-state index contributed by atoms with van der Waals surface area (Å²) in [5.74, 6) is -0.165. The van der Waals surface area contributed by atoms with E-state index >= 15 is 0 Å². The second-order valence-electron chi connectivity index (χ2n) is 6.82. The molecule has 0 spiro atoms. The number of sulfone groups is 1. The van der Waals surface area contributed by atoms with Crippen molar-refractivity contribution < 1.29 is 18.0 Å². The minimum Gasteiger partial charge on any atom is -0.316 e. The molecule has 2 saturated heterocycles. The number of amidine groups is 1. The van der Waals surface area contributed by atoms with Gasteiger partial charge in [-0.25, -0.2) is 8.42 Å².